The van der Waals surface area contributed by atoms with E-state index in [1.54, 1.807) is 30.3 Å². The Kier molecular flexibility index (Phi) is 7.19. The van der Waals surface area contributed by atoms with Crippen LogP contribution in [0.15, 0.2) is 59.2 Å². The van der Waals surface area contributed by atoms with Gasteiger partial charge < -0.3 is 14.8 Å². The Hall–Kier alpha value is -2.67. The van der Waals surface area contributed by atoms with Gasteiger partial charge in [-0.05, 0) is 73.7 Å². The molecule has 1 heterocycles. The van der Waals surface area contributed by atoms with Crippen LogP contribution in [0.3, 0.4) is 0 Å². The SMILES string of the molecule is C/C(=C\c1ccc(O)cc1Cl)CC[C@H]1OB(O)C[C@H]2C1=C(C(C)C)C[C@H]1C(=O)c3ccccc3C(=O)[C@H]12. The topological polar surface area (TPSA) is 83.8 Å². The van der Waals surface area contributed by atoms with Gasteiger partial charge in [0.1, 0.15) is 5.75 Å². The van der Waals surface area contributed by atoms with Gasteiger partial charge in [-0.3, -0.25) is 9.59 Å². The van der Waals surface area contributed by atoms with Crippen LogP contribution in [-0.4, -0.2) is 34.9 Å². The molecule has 0 bridgehead atoms. The quantitative estimate of drug-likeness (QED) is 0.354. The molecule has 0 aromatic heterocycles. The number of hydrogen-bond acceptors (Lipinski definition) is 5. The lowest BCUT2D eigenvalue weighted by molar-refractivity contribution is 0.0593. The number of allylic oxidation sites excluding steroid dienone is 2. The Labute approximate surface area is 223 Å². The van der Waals surface area contributed by atoms with Crippen molar-refractivity contribution in [3.63, 3.8) is 0 Å². The van der Waals surface area contributed by atoms with Gasteiger partial charge in [0.25, 0.3) is 0 Å². The zero-order chi connectivity index (χ0) is 26.4. The van der Waals surface area contributed by atoms with Gasteiger partial charge in [0.15, 0.2) is 11.6 Å². The van der Waals surface area contributed by atoms with Crippen LogP contribution in [-0.2, 0) is 4.65 Å². The van der Waals surface area contributed by atoms with Gasteiger partial charge in [-0.15, -0.1) is 0 Å². The number of halogens is 1. The molecule has 2 aromatic carbocycles. The Bertz CT molecular complexity index is 1310. The number of benzene rings is 2. The van der Waals surface area contributed by atoms with Gasteiger partial charge in [-0.25, -0.2) is 0 Å². The smallest absolute Gasteiger partial charge is 0.455 e. The Morgan fingerprint density at radius 2 is 1.84 bits per heavy atom. The van der Waals surface area contributed by atoms with Gasteiger partial charge in [0, 0.05) is 23.0 Å². The summed E-state index contributed by atoms with van der Waals surface area (Å²) in [5, 5.41) is 20.9. The molecule has 37 heavy (non-hydrogen) atoms. The summed E-state index contributed by atoms with van der Waals surface area (Å²) in [6.07, 6.45) is 3.90. The van der Waals surface area contributed by atoms with E-state index in [9.17, 15) is 19.7 Å². The molecule has 1 saturated heterocycles. The fourth-order valence-electron chi connectivity index (χ4n) is 6.48. The monoisotopic (exact) mass is 518 g/mol. The number of phenols is 1. The fourth-order valence-corrected chi connectivity index (χ4v) is 6.71. The van der Waals surface area contributed by atoms with E-state index in [0.717, 1.165) is 16.7 Å². The van der Waals surface area contributed by atoms with E-state index >= 15 is 0 Å². The van der Waals surface area contributed by atoms with E-state index in [0.29, 0.717) is 41.7 Å². The average molecular weight is 519 g/mol. The van der Waals surface area contributed by atoms with Crippen LogP contribution < -0.4 is 0 Å². The highest BCUT2D eigenvalue weighted by Crippen LogP contribution is 2.52. The Morgan fingerprint density at radius 1 is 1.14 bits per heavy atom. The van der Waals surface area contributed by atoms with Gasteiger partial charge in [0.05, 0.1) is 11.1 Å². The van der Waals surface area contributed by atoms with Crippen molar-refractivity contribution in [2.75, 3.05) is 0 Å². The summed E-state index contributed by atoms with van der Waals surface area (Å²) < 4.78 is 6.10. The predicted octanol–water partition coefficient (Wildman–Crippen LogP) is 6.39. The molecule has 1 aliphatic heterocycles. The molecular weight excluding hydrogens is 487 g/mol. The van der Waals surface area contributed by atoms with E-state index in [-0.39, 0.29) is 35.3 Å². The fraction of sp³-hybridized carbons (Fsp3) is 0.400. The Balaban J connectivity index is 1.47. The van der Waals surface area contributed by atoms with Gasteiger partial charge in [0.2, 0.25) is 0 Å². The van der Waals surface area contributed by atoms with Crippen LogP contribution in [0.25, 0.3) is 6.08 Å². The summed E-state index contributed by atoms with van der Waals surface area (Å²) >= 11 is 6.28. The maximum absolute atomic E-state index is 13.7. The standard InChI is InChI=1S/C30H32BClO5/c1-16(2)22-14-23-28(30(35)21-7-5-4-6-20(21)29(23)34)24-15-31(36)37-26(27(22)24)11-8-17(3)12-18-9-10-19(33)13-25(18)32/h4-7,9-10,12-13,16,23-24,26,28,33,36H,8,11,14-15H2,1-3H3/b17-12+/t23-,24+,26-,28-/m1/s1. The largest absolute Gasteiger partial charge is 0.508 e. The molecule has 5 nitrogen and oxygen atoms in total. The molecule has 2 aliphatic carbocycles. The molecule has 0 unspecified atom stereocenters. The molecule has 2 N–H and O–H groups in total. The molecule has 0 spiro atoms. The maximum Gasteiger partial charge on any atom is 0.455 e. The molecule has 7 heteroatoms. The van der Waals surface area contributed by atoms with E-state index in [1.165, 1.54) is 11.6 Å². The van der Waals surface area contributed by atoms with Crippen LogP contribution in [0.2, 0.25) is 11.3 Å². The molecular formula is C30H32BClO5. The summed E-state index contributed by atoms with van der Waals surface area (Å²) in [7, 11) is -0.984. The van der Waals surface area contributed by atoms with Gasteiger partial charge in [-0.1, -0.05) is 66.9 Å². The van der Waals surface area contributed by atoms with E-state index in [4.69, 9.17) is 16.3 Å². The molecule has 5 rings (SSSR count). The van der Waals surface area contributed by atoms with Crippen LogP contribution in [0, 0.1) is 23.7 Å². The third kappa shape index (κ3) is 4.83. The van der Waals surface area contributed by atoms with E-state index in [1.807, 2.05) is 19.1 Å². The second-order valence-electron chi connectivity index (χ2n) is 10.9. The third-order valence-electron chi connectivity index (χ3n) is 8.18. The van der Waals surface area contributed by atoms with Crippen LogP contribution in [0.1, 0.15) is 66.3 Å². The number of phenolic OH excluding ortho intramolecular Hbond substituents is 1. The Morgan fingerprint density at radius 3 is 2.51 bits per heavy atom. The van der Waals surface area contributed by atoms with Crippen LogP contribution in [0.4, 0.5) is 0 Å². The van der Waals surface area contributed by atoms with Crippen LogP contribution in [0.5, 0.6) is 5.75 Å². The number of carbonyl (C=O) groups excluding carboxylic acids is 2. The van der Waals surface area contributed by atoms with Crippen molar-refractivity contribution in [3.05, 3.63) is 80.9 Å². The van der Waals surface area contributed by atoms with Crippen molar-refractivity contribution >= 4 is 36.4 Å². The molecule has 3 aliphatic rings. The zero-order valence-electron chi connectivity index (χ0n) is 21.4. The van der Waals surface area contributed by atoms with Gasteiger partial charge >= 0.3 is 7.12 Å². The normalized spacial score (nSPS) is 25.8. The number of fused-ring (bicyclic) bond motifs is 4. The van der Waals surface area contributed by atoms with Crippen molar-refractivity contribution in [1.82, 2.24) is 0 Å². The second kappa shape index (κ2) is 10.2. The van der Waals surface area contributed by atoms with Crippen LogP contribution >= 0.6 is 11.6 Å². The highest BCUT2D eigenvalue weighted by molar-refractivity contribution is 6.43. The third-order valence-corrected chi connectivity index (χ3v) is 8.51. The second-order valence-corrected chi connectivity index (χ2v) is 11.3. The lowest BCUT2D eigenvalue weighted by Gasteiger charge is -2.48. The summed E-state index contributed by atoms with van der Waals surface area (Å²) in [6, 6.07) is 12.0. The summed E-state index contributed by atoms with van der Waals surface area (Å²) in [6.45, 7) is 6.28. The average Bonchev–Trinajstić information content (AvgIpc) is 2.86. The number of hydrogen-bond donors (Lipinski definition) is 2. The number of ketones is 2. The van der Waals surface area contributed by atoms with E-state index in [2.05, 4.69) is 13.8 Å². The minimum Gasteiger partial charge on any atom is -0.508 e. The lowest BCUT2D eigenvalue weighted by atomic mass is 9.53. The zero-order valence-corrected chi connectivity index (χ0v) is 22.2. The first-order valence-corrected chi connectivity index (χ1v) is 13.4. The molecule has 4 atom stereocenters. The van der Waals surface area contributed by atoms with Crippen molar-refractivity contribution in [2.24, 2.45) is 23.7 Å². The number of aromatic hydroxyl groups is 1. The van der Waals surface area contributed by atoms with E-state index < -0.39 is 19.0 Å². The highest BCUT2D eigenvalue weighted by atomic mass is 35.5. The first kappa shape index (κ1) is 26.0. The maximum atomic E-state index is 13.7. The summed E-state index contributed by atoms with van der Waals surface area (Å²) in [5.74, 6) is -0.697. The number of Topliss-reactive ketones (excluding diaryl/α,β-unsaturated/α-hetero) is 2. The molecule has 0 amide bonds. The molecule has 0 saturated carbocycles. The molecule has 2 aromatic rings. The molecule has 192 valence electrons. The highest BCUT2D eigenvalue weighted by Gasteiger charge is 2.53. The van der Waals surface area contributed by atoms with Crippen molar-refractivity contribution < 1.29 is 24.4 Å². The van der Waals surface area contributed by atoms with Crippen molar-refractivity contribution in [1.29, 1.82) is 0 Å². The first-order chi connectivity index (χ1) is 17.7. The van der Waals surface area contributed by atoms with Crippen molar-refractivity contribution in [2.45, 2.75) is 52.5 Å². The lowest BCUT2D eigenvalue weighted by Crippen LogP contribution is -2.51. The van der Waals surface area contributed by atoms with Crippen molar-refractivity contribution in [3.8, 4) is 5.75 Å². The number of carbonyl (C=O) groups is 2. The first-order valence-electron chi connectivity index (χ1n) is 13.0. The minimum absolute atomic E-state index is 0.0106. The molecule has 0 radical (unpaired) electrons. The minimum atomic E-state index is -0.984. The molecule has 1 fully saturated rings. The van der Waals surface area contributed by atoms with Gasteiger partial charge in [-0.2, -0.15) is 0 Å². The number of rotatable bonds is 5. The predicted molar refractivity (Wildman–Crippen MR) is 146 cm³/mol. The summed E-state index contributed by atoms with van der Waals surface area (Å²) in [5.41, 5.74) is 5.24. The summed E-state index contributed by atoms with van der Waals surface area (Å²) in [4.78, 5) is 27.3.